The van der Waals surface area contributed by atoms with Crippen LogP contribution in [0.25, 0.3) is 5.69 Å². The van der Waals surface area contributed by atoms with Crippen LogP contribution in [0, 0.1) is 0 Å². The first-order valence-corrected chi connectivity index (χ1v) is 7.82. The second-order valence-electron chi connectivity index (χ2n) is 5.15. The van der Waals surface area contributed by atoms with Crippen LogP contribution in [0.15, 0.2) is 64.1 Å². The van der Waals surface area contributed by atoms with Gasteiger partial charge in [0.05, 0.1) is 29.9 Å². The van der Waals surface area contributed by atoms with Crippen molar-refractivity contribution in [3.8, 4) is 5.69 Å². The molecule has 1 atom stereocenters. The van der Waals surface area contributed by atoms with Crippen molar-refractivity contribution in [2.45, 2.75) is 12.5 Å². The molecule has 0 fully saturated rings. The monoisotopic (exact) mass is 345 g/mol. The number of hydrogen-bond donors (Lipinski definition) is 2. The molecule has 6 nitrogen and oxygen atoms in total. The lowest BCUT2D eigenvalue weighted by Crippen LogP contribution is -2.23. The van der Waals surface area contributed by atoms with Gasteiger partial charge in [-0.2, -0.15) is 9.78 Å². The van der Waals surface area contributed by atoms with Gasteiger partial charge in [-0.15, -0.1) is 0 Å². The van der Waals surface area contributed by atoms with Gasteiger partial charge in [0.1, 0.15) is 10.8 Å². The minimum Gasteiger partial charge on any atom is -0.467 e. The van der Waals surface area contributed by atoms with Crippen molar-refractivity contribution in [2.75, 3.05) is 11.9 Å². The second kappa shape index (κ2) is 7.33. The third kappa shape index (κ3) is 3.34. The average molecular weight is 346 g/mol. The third-order valence-electron chi connectivity index (χ3n) is 3.55. The van der Waals surface area contributed by atoms with E-state index >= 15 is 0 Å². The van der Waals surface area contributed by atoms with Crippen molar-refractivity contribution >= 4 is 17.3 Å². The molecule has 24 heavy (non-hydrogen) atoms. The Morgan fingerprint density at radius 2 is 2.04 bits per heavy atom. The first kappa shape index (κ1) is 16.3. The molecule has 0 spiro atoms. The molecule has 3 rings (SSSR count). The van der Waals surface area contributed by atoms with Gasteiger partial charge < -0.3 is 14.8 Å². The third-order valence-corrected chi connectivity index (χ3v) is 3.92. The quantitative estimate of drug-likeness (QED) is 0.717. The lowest BCUT2D eigenvalue weighted by atomic mass is 10.1. The zero-order valence-corrected chi connectivity index (χ0v) is 13.5. The number of nitrogens with zero attached hydrogens (tertiary/aromatic N) is 2. The number of benzene rings is 1. The molecular formula is C17H16ClN3O3. The Bertz CT molecular complexity index is 847. The molecule has 0 aliphatic heterocycles. The first-order valence-electron chi connectivity index (χ1n) is 7.44. The van der Waals surface area contributed by atoms with Crippen molar-refractivity contribution < 1.29 is 9.52 Å². The lowest BCUT2D eigenvalue weighted by Gasteiger charge is -2.18. The Morgan fingerprint density at radius 1 is 1.25 bits per heavy atom. The number of furan rings is 1. The summed E-state index contributed by atoms with van der Waals surface area (Å²) in [5.41, 5.74) is 0.604. The largest absolute Gasteiger partial charge is 0.467 e. The fraction of sp³-hybridized carbons (Fsp3) is 0.176. The number of anilines is 1. The van der Waals surface area contributed by atoms with E-state index in [2.05, 4.69) is 10.4 Å². The van der Waals surface area contributed by atoms with E-state index < -0.39 is 5.56 Å². The minimum absolute atomic E-state index is 0.0309. The lowest BCUT2D eigenvalue weighted by molar-refractivity contribution is 0.273. The van der Waals surface area contributed by atoms with Crippen LogP contribution < -0.4 is 10.9 Å². The summed E-state index contributed by atoms with van der Waals surface area (Å²) in [5.74, 6) is 0.646. The first-order chi connectivity index (χ1) is 11.7. The van der Waals surface area contributed by atoms with E-state index in [1.807, 2.05) is 18.2 Å². The summed E-state index contributed by atoms with van der Waals surface area (Å²) in [4.78, 5) is 12.5. The number of aromatic nitrogens is 2. The van der Waals surface area contributed by atoms with Crippen molar-refractivity contribution in [3.05, 3.63) is 76.1 Å². The molecular weight excluding hydrogens is 330 g/mol. The highest BCUT2D eigenvalue weighted by atomic mass is 35.5. The van der Waals surface area contributed by atoms with Crippen LogP contribution in [0.5, 0.6) is 0 Å². The molecule has 1 unspecified atom stereocenters. The molecule has 2 aromatic heterocycles. The van der Waals surface area contributed by atoms with Gasteiger partial charge in [0.2, 0.25) is 0 Å². The molecule has 0 saturated carbocycles. The number of aliphatic hydroxyl groups is 1. The number of halogens is 1. The fourth-order valence-electron chi connectivity index (χ4n) is 2.38. The fourth-order valence-corrected chi connectivity index (χ4v) is 2.56. The van der Waals surface area contributed by atoms with Crippen molar-refractivity contribution in [1.82, 2.24) is 9.78 Å². The normalized spacial score (nSPS) is 12.1. The molecule has 0 amide bonds. The summed E-state index contributed by atoms with van der Waals surface area (Å²) in [6, 6.07) is 12.3. The van der Waals surface area contributed by atoms with Crippen LogP contribution in [0.1, 0.15) is 18.2 Å². The summed E-state index contributed by atoms with van der Waals surface area (Å²) in [7, 11) is 0. The second-order valence-corrected chi connectivity index (χ2v) is 5.53. The van der Waals surface area contributed by atoms with Crippen LogP contribution in [0.3, 0.4) is 0 Å². The number of para-hydroxylation sites is 1. The summed E-state index contributed by atoms with van der Waals surface area (Å²) < 4.78 is 6.60. The maximum Gasteiger partial charge on any atom is 0.292 e. The van der Waals surface area contributed by atoms with E-state index in [0.717, 1.165) is 0 Å². The SMILES string of the molecule is O=c1c(Cl)c(NC(CCO)c2ccco2)cnn1-c1ccccc1. The minimum atomic E-state index is -0.421. The Balaban J connectivity index is 1.92. The Hall–Kier alpha value is -2.57. The van der Waals surface area contributed by atoms with E-state index in [1.54, 1.807) is 30.5 Å². The van der Waals surface area contributed by atoms with E-state index in [9.17, 15) is 9.90 Å². The topological polar surface area (TPSA) is 80.3 Å². The molecule has 3 aromatic rings. The molecule has 2 N–H and O–H groups in total. The zero-order chi connectivity index (χ0) is 16.9. The number of rotatable bonds is 6. The van der Waals surface area contributed by atoms with Gasteiger partial charge in [-0.25, -0.2) is 0 Å². The molecule has 0 aliphatic carbocycles. The highest BCUT2D eigenvalue weighted by Crippen LogP contribution is 2.26. The summed E-state index contributed by atoms with van der Waals surface area (Å²) >= 11 is 6.22. The predicted molar refractivity (Wildman–Crippen MR) is 91.6 cm³/mol. The van der Waals surface area contributed by atoms with Crippen LogP contribution in [-0.2, 0) is 0 Å². The average Bonchev–Trinajstić information content (AvgIpc) is 3.14. The zero-order valence-electron chi connectivity index (χ0n) is 12.7. The standard InChI is InChI=1S/C17H16ClN3O3/c18-16-14(20-13(8-9-22)15-7-4-10-24-15)11-19-21(17(16)23)12-5-2-1-3-6-12/h1-7,10-11,13,20,22H,8-9H2. The molecule has 0 bridgehead atoms. The van der Waals surface area contributed by atoms with Gasteiger partial charge in [-0.05, 0) is 30.7 Å². The Labute approximate surface area is 143 Å². The predicted octanol–water partition coefficient (Wildman–Crippen LogP) is 3.01. The Morgan fingerprint density at radius 3 is 2.71 bits per heavy atom. The van der Waals surface area contributed by atoms with Crippen molar-refractivity contribution in [3.63, 3.8) is 0 Å². The van der Waals surface area contributed by atoms with Crippen LogP contribution in [0.4, 0.5) is 5.69 Å². The van der Waals surface area contributed by atoms with Crippen molar-refractivity contribution in [2.24, 2.45) is 0 Å². The summed E-state index contributed by atoms with van der Waals surface area (Å²) in [6.07, 6.45) is 3.45. The van der Waals surface area contributed by atoms with Crippen molar-refractivity contribution in [1.29, 1.82) is 0 Å². The van der Waals surface area contributed by atoms with E-state index in [0.29, 0.717) is 23.6 Å². The maximum atomic E-state index is 12.5. The number of aliphatic hydroxyl groups excluding tert-OH is 1. The maximum absolute atomic E-state index is 12.5. The Kier molecular flexibility index (Phi) is 4.98. The van der Waals surface area contributed by atoms with E-state index in [1.165, 1.54) is 10.9 Å². The molecule has 7 heteroatoms. The van der Waals surface area contributed by atoms with E-state index in [4.69, 9.17) is 16.0 Å². The van der Waals surface area contributed by atoms with Gasteiger partial charge >= 0.3 is 0 Å². The number of hydrogen-bond acceptors (Lipinski definition) is 5. The number of nitrogens with one attached hydrogen (secondary N) is 1. The summed E-state index contributed by atoms with van der Waals surface area (Å²) in [5, 5.41) is 16.5. The molecule has 124 valence electrons. The van der Waals surface area contributed by atoms with Gasteiger partial charge in [0.15, 0.2) is 0 Å². The van der Waals surface area contributed by atoms with Crippen LogP contribution in [-0.4, -0.2) is 21.5 Å². The molecule has 0 saturated heterocycles. The molecule has 0 aliphatic rings. The van der Waals surface area contributed by atoms with Crippen LogP contribution in [0.2, 0.25) is 5.02 Å². The molecule has 0 radical (unpaired) electrons. The van der Waals surface area contributed by atoms with Crippen LogP contribution >= 0.6 is 11.6 Å². The van der Waals surface area contributed by atoms with Gasteiger partial charge in [-0.1, -0.05) is 29.8 Å². The summed E-state index contributed by atoms with van der Waals surface area (Å²) in [6.45, 7) is -0.0372. The van der Waals surface area contributed by atoms with Gasteiger partial charge in [0, 0.05) is 6.61 Å². The highest BCUT2D eigenvalue weighted by Gasteiger charge is 2.17. The smallest absolute Gasteiger partial charge is 0.292 e. The highest BCUT2D eigenvalue weighted by molar-refractivity contribution is 6.32. The van der Waals surface area contributed by atoms with Gasteiger partial charge in [-0.3, -0.25) is 4.79 Å². The van der Waals surface area contributed by atoms with E-state index in [-0.39, 0.29) is 17.7 Å². The van der Waals surface area contributed by atoms with Gasteiger partial charge in [0.25, 0.3) is 5.56 Å². The molecule has 2 heterocycles. The molecule has 1 aromatic carbocycles.